The first kappa shape index (κ1) is 21.2. The molecule has 0 radical (unpaired) electrons. The number of aromatic nitrogens is 2. The molecule has 0 atom stereocenters. The molecule has 1 amide bonds. The van der Waals surface area contributed by atoms with Gasteiger partial charge in [0.1, 0.15) is 27.1 Å². The fraction of sp³-hybridized carbons (Fsp3) is 0.182. The SMILES string of the molecule is CCCCN1C(=O)/C(=C\c2c(Oc3ccc(F)cc3)nc3ccccn3c2=O)SC1=S. The number of carbonyl (C=O) groups is 1. The molecular weight excluding hydrogens is 437 g/mol. The summed E-state index contributed by atoms with van der Waals surface area (Å²) in [5.74, 6) is -0.302. The van der Waals surface area contributed by atoms with Crippen LogP contribution in [-0.2, 0) is 4.79 Å². The summed E-state index contributed by atoms with van der Waals surface area (Å²) >= 11 is 6.49. The molecule has 1 saturated heterocycles. The Morgan fingerprint density at radius 2 is 1.97 bits per heavy atom. The first-order chi connectivity index (χ1) is 15.0. The molecule has 2 aromatic heterocycles. The van der Waals surface area contributed by atoms with Crippen LogP contribution >= 0.6 is 24.0 Å². The van der Waals surface area contributed by atoms with Crippen molar-refractivity contribution in [2.75, 3.05) is 6.54 Å². The Hall–Kier alpha value is -3.04. The molecule has 158 valence electrons. The van der Waals surface area contributed by atoms with Crippen molar-refractivity contribution in [2.45, 2.75) is 19.8 Å². The average Bonchev–Trinajstić information content (AvgIpc) is 3.03. The van der Waals surface area contributed by atoms with Crippen molar-refractivity contribution in [2.24, 2.45) is 0 Å². The lowest BCUT2D eigenvalue weighted by Crippen LogP contribution is -2.29. The second-order valence-corrected chi connectivity index (χ2v) is 8.48. The average molecular weight is 456 g/mol. The van der Waals surface area contributed by atoms with Crippen LogP contribution in [0.5, 0.6) is 11.6 Å². The number of rotatable bonds is 6. The maximum Gasteiger partial charge on any atom is 0.269 e. The number of hydrogen-bond acceptors (Lipinski definition) is 6. The van der Waals surface area contributed by atoms with E-state index in [1.165, 1.54) is 34.7 Å². The Morgan fingerprint density at radius 1 is 1.19 bits per heavy atom. The van der Waals surface area contributed by atoms with Gasteiger partial charge in [0.2, 0.25) is 5.88 Å². The monoisotopic (exact) mass is 455 g/mol. The molecule has 1 aliphatic rings. The number of pyridine rings is 1. The standard InChI is InChI=1S/C22H18FN3O3S2/c1-2-3-11-26-21(28)17(31-22(26)30)13-16-19(29-15-9-7-14(23)8-10-15)24-18-6-4-5-12-25(18)20(16)27/h4-10,12-13H,2-3,11H2,1H3/b17-13+. The van der Waals surface area contributed by atoms with E-state index < -0.39 is 5.82 Å². The lowest BCUT2D eigenvalue weighted by atomic mass is 10.2. The number of carbonyl (C=O) groups excluding carboxylic acids is 1. The fourth-order valence-electron chi connectivity index (χ4n) is 3.04. The Labute approximate surface area is 187 Å². The lowest BCUT2D eigenvalue weighted by molar-refractivity contribution is -0.122. The van der Waals surface area contributed by atoms with Gasteiger partial charge < -0.3 is 4.74 Å². The molecule has 0 aliphatic carbocycles. The van der Waals surface area contributed by atoms with E-state index in [0.717, 1.165) is 24.6 Å². The summed E-state index contributed by atoms with van der Waals surface area (Å²) in [6, 6.07) is 10.5. The summed E-state index contributed by atoms with van der Waals surface area (Å²) in [5, 5.41) is 0. The molecule has 0 spiro atoms. The minimum Gasteiger partial charge on any atom is -0.438 e. The van der Waals surface area contributed by atoms with Crippen molar-refractivity contribution in [3.63, 3.8) is 0 Å². The van der Waals surface area contributed by atoms with E-state index in [0.29, 0.717) is 27.2 Å². The first-order valence-corrected chi connectivity index (χ1v) is 10.9. The van der Waals surface area contributed by atoms with Gasteiger partial charge in [-0.3, -0.25) is 18.9 Å². The number of ether oxygens (including phenoxy) is 1. The minimum atomic E-state index is -0.408. The van der Waals surface area contributed by atoms with Crippen LogP contribution in [-0.4, -0.2) is 31.1 Å². The summed E-state index contributed by atoms with van der Waals surface area (Å²) < 4.78 is 20.9. The molecule has 0 N–H and O–H groups in total. The largest absolute Gasteiger partial charge is 0.438 e. The second kappa shape index (κ2) is 8.99. The van der Waals surface area contributed by atoms with Crippen LogP contribution < -0.4 is 10.3 Å². The molecule has 6 nitrogen and oxygen atoms in total. The molecule has 9 heteroatoms. The summed E-state index contributed by atoms with van der Waals surface area (Å²) in [6.45, 7) is 2.57. The number of fused-ring (bicyclic) bond motifs is 1. The Balaban J connectivity index is 1.80. The number of nitrogens with zero attached hydrogens (tertiary/aromatic N) is 3. The Kier molecular flexibility index (Phi) is 6.15. The van der Waals surface area contributed by atoms with Crippen molar-refractivity contribution >= 4 is 45.9 Å². The van der Waals surface area contributed by atoms with Gasteiger partial charge in [0.05, 0.1) is 4.91 Å². The maximum atomic E-state index is 13.3. The molecule has 0 saturated carbocycles. The van der Waals surface area contributed by atoms with Crippen LogP contribution in [0.25, 0.3) is 11.7 Å². The summed E-state index contributed by atoms with van der Waals surface area (Å²) in [6.07, 6.45) is 4.83. The normalized spacial score (nSPS) is 15.3. The molecular formula is C22H18FN3O3S2. The predicted molar refractivity (Wildman–Crippen MR) is 123 cm³/mol. The van der Waals surface area contributed by atoms with Gasteiger partial charge in [0, 0.05) is 12.7 Å². The molecule has 3 heterocycles. The molecule has 0 bridgehead atoms. The van der Waals surface area contributed by atoms with Gasteiger partial charge >= 0.3 is 0 Å². The van der Waals surface area contributed by atoms with E-state index in [2.05, 4.69) is 4.98 Å². The zero-order chi connectivity index (χ0) is 22.0. The van der Waals surface area contributed by atoms with Gasteiger partial charge in [-0.15, -0.1) is 0 Å². The number of benzene rings is 1. The highest BCUT2D eigenvalue weighted by atomic mass is 32.2. The predicted octanol–water partition coefficient (Wildman–Crippen LogP) is 4.63. The van der Waals surface area contributed by atoms with Crippen LogP contribution in [0.4, 0.5) is 4.39 Å². The quantitative estimate of drug-likeness (QED) is 0.399. The number of halogens is 1. The van der Waals surface area contributed by atoms with Crippen molar-refractivity contribution in [1.29, 1.82) is 0 Å². The third kappa shape index (κ3) is 4.38. The number of thioether (sulfide) groups is 1. The van der Waals surface area contributed by atoms with Gasteiger partial charge in [-0.25, -0.2) is 4.39 Å². The summed E-state index contributed by atoms with van der Waals surface area (Å²) in [4.78, 5) is 32.4. The lowest BCUT2D eigenvalue weighted by Gasteiger charge is -2.13. The second-order valence-electron chi connectivity index (χ2n) is 6.81. The van der Waals surface area contributed by atoms with Crippen LogP contribution in [0.3, 0.4) is 0 Å². The van der Waals surface area contributed by atoms with Crippen LogP contribution in [0.2, 0.25) is 0 Å². The van der Waals surface area contributed by atoms with Gasteiger partial charge in [-0.2, -0.15) is 4.98 Å². The molecule has 4 rings (SSSR count). The molecule has 31 heavy (non-hydrogen) atoms. The zero-order valence-electron chi connectivity index (χ0n) is 16.6. The third-order valence-corrected chi connectivity index (χ3v) is 6.02. The van der Waals surface area contributed by atoms with Gasteiger partial charge in [0.15, 0.2) is 0 Å². The highest BCUT2D eigenvalue weighted by Crippen LogP contribution is 2.34. The van der Waals surface area contributed by atoms with Crippen LogP contribution in [0.15, 0.2) is 58.4 Å². The number of unbranched alkanes of at least 4 members (excludes halogenated alkanes) is 1. The van der Waals surface area contributed by atoms with Crippen molar-refractivity contribution in [3.05, 3.63) is 75.3 Å². The summed E-state index contributed by atoms with van der Waals surface area (Å²) in [7, 11) is 0. The molecule has 1 aliphatic heterocycles. The van der Waals surface area contributed by atoms with E-state index in [1.54, 1.807) is 29.3 Å². The molecule has 1 aromatic carbocycles. The van der Waals surface area contributed by atoms with Crippen molar-refractivity contribution < 1.29 is 13.9 Å². The van der Waals surface area contributed by atoms with E-state index in [1.807, 2.05) is 6.92 Å². The highest BCUT2D eigenvalue weighted by molar-refractivity contribution is 8.26. The Morgan fingerprint density at radius 3 is 2.71 bits per heavy atom. The van der Waals surface area contributed by atoms with E-state index in [9.17, 15) is 14.0 Å². The third-order valence-electron chi connectivity index (χ3n) is 4.65. The van der Waals surface area contributed by atoms with Crippen molar-refractivity contribution in [3.8, 4) is 11.6 Å². The topological polar surface area (TPSA) is 63.9 Å². The van der Waals surface area contributed by atoms with E-state index >= 15 is 0 Å². The number of amides is 1. The smallest absolute Gasteiger partial charge is 0.269 e. The highest BCUT2D eigenvalue weighted by Gasteiger charge is 2.32. The van der Waals surface area contributed by atoms with Gasteiger partial charge in [-0.05, 0) is 48.9 Å². The van der Waals surface area contributed by atoms with E-state index in [-0.39, 0.29) is 22.9 Å². The Bertz CT molecular complexity index is 1260. The minimum absolute atomic E-state index is 0.0293. The number of hydrogen-bond donors (Lipinski definition) is 0. The molecule has 3 aromatic rings. The van der Waals surface area contributed by atoms with Crippen LogP contribution in [0.1, 0.15) is 25.3 Å². The van der Waals surface area contributed by atoms with Crippen molar-refractivity contribution in [1.82, 2.24) is 14.3 Å². The maximum absolute atomic E-state index is 13.3. The number of thiocarbonyl (C=S) groups is 1. The molecule has 0 unspecified atom stereocenters. The molecule has 1 fully saturated rings. The van der Waals surface area contributed by atoms with Gasteiger partial charge in [0.25, 0.3) is 11.5 Å². The van der Waals surface area contributed by atoms with Gasteiger partial charge in [-0.1, -0.05) is 43.4 Å². The fourth-order valence-corrected chi connectivity index (χ4v) is 4.33. The van der Waals surface area contributed by atoms with Crippen LogP contribution in [0, 0.1) is 5.82 Å². The zero-order valence-corrected chi connectivity index (χ0v) is 18.2. The first-order valence-electron chi connectivity index (χ1n) is 9.68. The summed E-state index contributed by atoms with van der Waals surface area (Å²) in [5.41, 5.74) is 0.114. The van der Waals surface area contributed by atoms with E-state index in [4.69, 9.17) is 17.0 Å².